The molecule has 0 aliphatic heterocycles. The fourth-order valence-electron chi connectivity index (χ4n) is 1.40. The lowest BCUT2D eigenvalue weighted by Gasteiger charge is -2.10. The monoisotopic (exact) mass is 194 g/mol. The van der Waals surface area contributed by atoms with Gasteiger partial charge in [0, 0.05) is 12.7 Å². The van der Waals surface area contributed by atoms with Gasteiger partial charge in [0.25, 0.3) is 0 Å². The number of phenols is 1. The number of ketones is 1. The van der Waals surface area contributed by atoms with Crippen LogP contribution in [0.25, 0.3) is 0 Å². The average Bonchev–Trinajstić information content (AvgIpc) is 2.13. The molecule has 14 heavy (non-hydrogen) atoms. The van der Waals surface area contributed by atoms with E-state index in [1.54, 1.807) is 20.1 Å². The number of hydrogen-bond donors (Lipinski definition) is 1. The summed E-state index contributed by atoms with van der Waals surface area (Å²) in [5, 5.41) is 9.47. The van der Waals surface area contributed by atoms with Gasteiger partial charge in [-0.15, -0.1) is 0 Å². The standard InChI is InChI=1S/C11H14O3/c1-7-10(6-14-3)9(8(2)12)4-5-11(7)13/h4-5,13H,6H2,1-3H3. The van der Waals surface area contributed by atoms with Crippen LogP contribution in [0.4, 0.5) is 0 Å². The summed E-state index contributed by atoms with van der Waals surface area (Å²) < 4.78 is 4.99. The summed E-state index contributed by atoms with van der Waals surface area (Å²) in [7, 11) is 1.56. The summed E-state index contributed by atoms with van der Waals surface area (Å²) in [5.41, 5.74) is 2.08. The number of methoxy groups -OCH3 is 1. The Bertz CT molecular complexity index is 356. The van der Waals surface area contributed by atoms with E-state index >= 15 is 0 Å². The SMILES string of the molecule is COCc1c(C(C)=O)ccc(O)c1C. The van der Waals surface area contributed by atoms with Crippen molar-refractivity contribution < 1.29 is 14.6 Å². The molecule has 3 nitrogen and oxygen atoms in total. The fourth-order valence-corrected chi connectivity index (χ4v) is 1.40. The van der Waals surface area contributed by atoms with Gasteiger partial charge in [0.15, 0.2) is 5.78 Å². The predicted octanol–water partition coefficient (Wildman–Crippen LogP) is 2.05. The van der Waals surface area contributed by atoms with E-state index in [0.717, 1.165) is 5.56 Å². The average molecular weight is 194 g/mol. The van der Waals surface area contributed by atoms with Gasteiger partial charge in [-0.05, 0) is 37.1 Å². The van der Waals surface area contributed by atoms with Crippen LogP contribution in [0, 0.1) is 6.92 Å². The molecule has 0 radical (unpaired) electrons. The molecule has 0 aromatic heterocycles. The van der Waals surface area contributed by atoms with Crippen LogP contribution in [0.1, 0.15) is 28.4 Å². The molecule has 1 rings (SSSR count). The van der Waals surface area contributed by atoms with Gasteiger partial charge < -0.3 is 9.84 Å². The Morgan fingerprint density at radius 2 is 2.14 bits per heavy atom. The minimum absolute atomic E-state index is 0.0137. The highest BCUT2D eigenvalue weighted by molar-refractivity contribution is 5.96. The lowest BCUT2D eigenvalue weighted by Crippen LogP contribution is -2.03. The van der Waals surface area contributed by atoms with Crippen LogP contribution < -0.4 is 0 Å². The van der Waals surface area contributed by atoms with Crippen molar-refractivity contribution in [2.45, 2.75) is 20.5 Å². The van der Waals surface area contributed by atoms with E-state index in [1.165, 1.54) is 13.0 Å². The second kappa shape index (κ2) is 4.24. The Labute approximate surface area is 83.3 Å². The van der Waals surface area contributed by atoms with Crippen molar-refractivity contribution in [3.8, 4) is 5.75 Å². The zero-order chi connectivity index (χ0) is 10.7. The first-order chi connectivity index (χ1) is 6.57. The van der Waals surface area contributed by atoms with Crippen LogP contribution in [-0.4, -0.2) is 18.0 Å². The number of phenolic OH excluding ortho intramolecular Hbond substituents is 1. The van der Waals surface area contributed by atoms with Crippen LogP contribution in [0.15, 0.2) is 12.1 Å². The lowest BCUT2D eigenvalue weighted by atomic mass is 9.99. The molecule has 0 fully saturated rings. The Hall–Kier alpha value is -1.35. The Kier molecular flexibility index (Phi) is 3.25. The van der Waals surface area contributed by atoms with Gasteiger partial charge in [-0.3, -0.25) is 4.79 Å². The maximum Gasteiger partial charge on any atom is 0.160 e. The zero-order valence-electron chi connectivity index (χ0n) is 8.63. The van der Waals surface area contributed by atoms with Crippen molar-refractivity contribution in [1.82, 2.24) is 0 Å². The predicted molar refractivity (Wildman–Crippen MR) is 53.6 cm³/mol. The third kappa shape index (κ3) is 1.93. The van der Waals surface area contributed by atoms with Crippen LogP contribution in [0.3, 0.4) is 0 Å². The molecular formula is C11H14O3. The molecule has 0 atom stereocenters. The first-order valence-corrected chi connectivity index (χ1v) is 4.39. The minimum atomic E-state index is -0.0137. The van der Waals surface area contributed by atoms with Crippen LogP contribution in [-0.2, 0) is 11.3 Å². The molecule has 1 aromatic carbocycles. The van der Waals surface area contributed by atoms with E-state index < -0.39 is 0 Å². The van der Waals surface area contributed by atoms with Crippen molar-refractivity contribution >= 4 is 5.78 Å². The summed E-state index contributed by atoms with van der Waals surface area (Å²) in [5.74, 6) is 0.183. The third-order valence-corrected chi connectivity index (χ3v) is 2.24. The first kappa shape index (κ1) is 10.7. The number of Topliss-reactive ketones (excluding diaryl/α,β-unsaturated/α-hetero) is 1. The highest BCUT2D eigenvalue weighted by atomic mass is 16.5. The zero-order valence-corrected chi connectivity index (χ0v) is 8.63. The molecule has 1 N–H and O–H groups in total. The summed E-state index contributed by atoms with van der Waals surface area (Å²) in [6.07, 6.45) is 0. The second-order valence-electron chi connectivity index (χ2n) is 3.23. The molecular weight excluding hydrogens is 180 g/mol. The first-order valence-electron chi connectivity index (χ1n) is 4.39. The Morgan fingerprint density at radius 1 is 1.50 bits per heavy atom. The molecule has 0 heterocycles. The number of benzene rings is 1. The maximum atomic E-state index is 11.3. The van der Waals surface area contributed by atoms with Crippen LogP contribution in [0.2, 0.25) is 0 Å². The smallest absolute Gasteiger partial charge is 0.160 e. The van der Waals surface area contributed by atoms with E-state index in [2.05, 4.69) is 0 Å². The molecule has 0 aliphatic carbocycles. The van der Waals surface area contributed by atoms with Crippen molar-refractivity contribution in [3.63, 3.8) is 0 Å². The molecule has 3 heteroatoms. The summed E-state index contributed by atoms with van der Waals surface area (Å²) >= 11 is 0. The van der Waals surface area contributed by atoms with Gasteiger partial charge >= 0.3 is 0 Å². The summed E-state index contributed by atoms with van der Waals surface area (Å²) in [6, 6.07) is 3.16. The van der Waals surface area contributed by atoms with Crippen molar-refractivity contribution in [3.05, 3.63) is 28.8 Å². The topological polar surface area (TPSA) is 46.5 Å². The second-order valence-corrected chi connectivity index (χ2v) is 3.23. The normalized spacial score (nSPS) is 10.2. The molecule has 0 amide bonds. The quantitative estimate of drug-likeness (QED) is 0.749. The van der Waals surface area contributed by atoms with Crippen LogP contribution >= 0.6 is 0 Å². The van der Waals surface area contributed by atoms with E-state index in [1.807, 2.05) is 0 Å². The fraction of sp³-hybridized carbons (Fsp3) is 0.364. The van der Waals surface area contributed by atoms with E-state index in [0.29, 0.717) is 17.7 Å². The van der Waals surface area contributed by atoms with Gasteiger partial charge in [-0.1, -0.05) is 0 Å². The number of carbonyl (C=O) groups excluding carboxylic acids is 1. The lowest BCUT2D eigenvalue weighted by molar-refractivity contribution is 0.101. The van der Waals surface area contributed by atoms with Gasteiger partial charge in [0.1, 0.15) is 5.75 Å². The number of aromatic hydroxyl groups is 1. The van der Waals surface area contributed by atoms with E-state index in [-0.39, 0.29) is 11.5 Å². The third-order valence-electron chi connectivity index (χ3n) is 2.24. The van der Waals surface area contributed by atoms with Crippen LogP contribution in [0.5, 0.6) is 5.75 Å². The molecule has 76 valence electrons. The molecule has 0 aliphatic rings. The van der Waals surface area contributed by atoms with Gasteiger partial charge in [0.05, 0.1) is 6.61 Å². The Balaban J connectivity index is 3.29. The molecule has 0 spiro atoms. The van der Waals surface area contributed by atoms with Crippen molar-refractivity contribution in [1.29, 1.82) is 0 Å². The van der Waals surface area contributed by atoms with E-state index in [4.69, 9.17) is 4.74 Å². The summed E-state index contributed by atoms with van der Waals surface area (Å²) in [6.45, 7) is 3.62. The van der Waals surface area contributed by atoms with E-state index in [9.17, 15) is 9.90 Å². The number of hydrogen-bond acceptors (Lipinski definition) is 3. The molecule has 0 saturated heterocycles. The largest absolute Gasteiger partial charge is 0.508 e. The highest BCUT2D eigenvalue weighted by Crippen LogP contribution is 2.24. The number of ether oxygens (including phenoxy) is 1. The molecule has 0 bridgehead atoms. The molecule has 0 saturated carbocycles. The van der Waals surface area contributed by atoms with Crippen molar-refractivity contribution in [2.75, 3.05) is 7.11 Å². The Morgan fingerprint density at radius 3 is 2.64 bits per heavy atom. The molecule has 0 unspecified atom stereocenters. The van der Waals surface area contributed by atoms with Gasteiger partial charge in [-0.2, -0.15) is 0 Å². The summed E-state index contributed by atoms with van der Waals surface area (Å²) in [4.78, 5) is 11.3. The van der Waals surface area contributed by atoms with Gasteiger partial charge in [-0.25, -0.2) is 0 Å². The van der Waals surface area contributed by atoms with Crippen molar-refractivity contribution in [2.24, 2.45) is 0 Å². The molecule has 1 aromatic rings. The minimum Gasteiger partial charge on any atom is -0.508 e. The number of rotatable bonds is 3. The number of carbonyl (C=O) groups is 1. The maximum absolute atomic E-state index is 11.3. The van der Waals surface area contributed by atoms with Gasteiger partial charge in [0.2, 0.25) is 0 Å². The highest BCUT2D eigenvalue weighted by Gasteiger charge is 2.12.